The SMILES string of the molecule is C[C@H](CCC(C)(C)O)[C@H]1CC[C@H]2[C@@H]3CCC4CCCC[C@]4(C)[C@H]3CC[C@]12C. The predicted octanol–water partition coefficient (Wildman–Crippen LogP) is 7.22. The standard InChI is InChI=1S/C26H46O/c1-18(13-16-24(2,3)27)21-11-12-22-20-10-9-19-8-6-7-15-25(19,4)23(20)14-17-26(21,22)5/h18-23,27H,6-17H2,1-5H3/t18-,19?,20+,21-,22+,23+,25+,26-/m1/s1. The third-order valence-electron chi connectivity index (χ3n) is 10.6. The summed E-state index contributed by atoms with van der Waals surface area (Å²) in [6, 6.07) is 0. The smallest absolute Gasteiger partial charge is 0.0591 e. The molecule has 156 valence electrons. The molecular weight excluding hydrogens is 328 g/mol. The van der Waals surface area contributed by atoms with Crippen LogP contribution in [0.25, 0.3) is 0 Å². The Morgan fingerprint density at radius 1 is 0.889 bits per heavy atom. The average molecular weight is 375 g/mol. The molecule has 0 aromatic carbocycles. The Morgan fingerprint density at radius 2 is 1.63 bits per heavy atom. The van der Waals surface area contributed by atoms with Crippen molar-refractivity contribution in [2.45, 2.75) is 117 Å². The van der Waals surface area contributed by atoms with Crippen molar-refractivity contribution in [2.24, 2.45) is 46.3 Å². The molecule has 0 aliphatic heterocycles. The van der Waals surface area contributed by atoms with E-state index < -0.39 is 5.60 Å². The molecule has 0 saturated heterocycles. The van der Waals surface area contributed by atoms with Gasteiger partial charge in [-0.05, 0) is 124 Å². The van der Waals surface area contributed by atoms with Gasteiger partial charge in [0, 0.05) is 0 Å². The van der Waals surface area contributed by atoms with Gasteiger partial charge in [0.25, 0.3) is 0 Å². The van der Waals surface area contributed by atoms with Crippen LogP contribution in [0.3, 0.4) is 0 Å². The van der Waals surface area contributed by atoms with Crippen molar-refractivity contribution in [1.29, 1.82) is 0 Å². The summed E-state index contributed by atoms with van der Waals surface area (Å²) >= 11 is 0. The minimum atomic E-state index is -0.501. The van der Waals surface area contributed by atoms with Gasteiger partial charge in [-0.2, -0.15) is 0 Å². The van der Waals surface area contributed by atoms with E-state index in [4.69, 9.17) is 0 Å². The minimum Gasteiger partial charge on any atom is -0.390 e. The second-order valence-corrected chi connectivity index (χ2v) is 12.5. The van der Waals surface area contributed by atoms with Crippen molar-refractivity contribution >= 4 is 0 Å². The molecule has 8 atom stereocenters. The van der Waals surface area contributed by atoms with Crippen LogP contribution in [0.4, 0.5) is 0 Å². The van der Waals surface area contributed by atoms with Crippen LogP contribution >= 0.6 is 0 Å². The van der Waals surface area contributed by atoms with E-state index in [2.05, 4.69) is 20.8 Å². The Balaban J connectivity index is 1.49. The predicted molar refractivity (Wildman–Crippen MR) is 115 cm³/mol. The molecule has 0 amide bonds. The summed E-state index contributed by atoms with van der Waals surface area (Å²) in [4.78, 5) is 0. The Labute approximate surface area is 169 Å². The zero-order valence-electron chi connectivity index (χ0n) is 18.9. The summed E-state index contributed by atoms with van der Waals surface area (Å²) in [6.45, 7) is 11.8. The largest absolute Gasteiger partial charge is 0.390 e. The molecule has 1 nitrogen and oxygen atoms in total. The first-order chi connectivity index (χ1) is 12.7. The zero-order chi connectivity index (χ0) is 19.4. The maximum absolute atomic E-state index is 10.2. The molecule has 0 spiro atoms. The summed E-state index contributed by atoms with van der Waals surface area (Å²) in [7, 11) is 0. The number of fused-ring (bicyclic) bond motifs is 5. The van der Waals surface area contributed by atoms with Gasteiger partial charge in [-0.25, -0.2) is 0 Å². The van der Waals surface area contributed by atoms with Crippen LogP contribution in [0.15, 0.2) is 0 Å². The van der Waals surface area contributed by atoms with Crippen LogP contribution in [-0.4, -0.2) is 10.7 Å². The molecule has 4 fully saturated rings. The lowest BCUT2D eigenvalue weighted by atomic mass is 9.44. The summed E-state index contributed by atoms with van der Waals surface area (Å²) in [5.41, 5.74) is 0.754. The van der Waals surface area contributed by atoms with E-state index in [1.54, 1.807) is 0 Å². The van der Waals surface area contributed by atoms with E-state index in [1.165, 1.54) is 70.6 Å². The van der Waals surface area contributed by atoms with Crippen molar-refractivity contribution < 1.29 is 5.11 Å². The first-order valence-corrected chi connectivity index (χ1v) is 12.4. The third-order valence-corrected chi connectivity index (χ3v) is 10.6. The lowest BCUT2D eigenvalue weighted by Crippen LogP contribution is -2.53. The maximum Gasteiger partial charge on any atom is 0.0591 e. The lowest BCUT2D eigenvalue weighted by molar-refractivity contribution is -0.114. The van der Waals surface area contributed by atoms with Gasteiger partial charge in [-0.1, -0.05) is 33.6 Å². The Kier molecular flexibility index (Phi) is 5.27. The van der Waals surface area contributed by atoms with Gasteiger partial charge >= 0.3 is 0 Å². The molecule has 4 aliphatic rings. The van der Waals surface area contributed by atoms with Crippen LogP contribution in [-0.2, 0) is 0 Å². The van der Waals surface area contributed by atoms with E-state index in [1.807, 2.05) is 13.8 Å². The highest BCUT2D eigenvalue weighted by Crippen LogP contribution is 2.68. The van der Waals surface area contributed by atoms with E-state index in [0.29, 0.717) is 10.8 Å². The fraction of sp³-hybridized carbons (Fsp3) is 1.00. The summed E-state index contributed by atoms with van der Waals surface area (Å²) in [6.07, 6.45) is 17.2. The van der Waals surface area contributed by atoms with Crippen LogP contribution < -0.4 is 0 Å². The van der Waals surface area contributed by atoms with Gasteiger partial charge in [-0.15, -0.1) is 0 Å². The Bertz CT molecular complexity index is 533. The van der Waals surface area contributed by atoms with Crippen molar-refractivity contribution in [1.82, 2.24) is 0 Å². The van der Waals surface area contributed by atoms with E-state index in [0.717, 1.165) is 41.9 Å². The summed E-state index contributed by atoms with van der Waals surface area (Å²) in [5.74, 6) is 5.74. The molecule has 4 rings (SSSR count). The Morgan fingerprint density at radius 3 is 2.37 bits per heavy atom. The molecule has 1 unspecified atom stereocenters. The van der Waals surface area contributed by atoms with Gasteiger partial charge < -0.3 is 5.11 Å². The first kappa shape index (κ1) is 20.2. The van der Waals surface area contributed by atoms with E-state index >= 15 is 0 Å². The molecule has 1 heteroatoms. The van der Waals surface area contributed by atoms with Gasteiger partial charge in [0.15, 0.2) is 0 Å². The molecule has 4 aliphatic carbocycles. The van der Waals surface area contributed by atoms with Gasteiger partial charge in [0.05, 0.1) is 5.60 Å². The lowest BCUT2D eigenvalue weighted by Gasteiger charge is -2.61. The summed E-state index contributed by atoms with van der Waals surface area (Å²) in [5, 5.41) is 10.2. The fourth-order valence-electron chi connectivity index (χ4n) is 9.05. The molecule has 0 aromatic rings. The maximum atomic E-state index is 10.2. The van der Waals surface area contributed by atoms with Crippen LogP contribution in [0.5, 0.6) is 0 Å². The quantitative estimate of drug-likeness (QED) is 0.550. The molecule has 0 bridgehead atoms. The van der Waals surface area contributed by atoms with Crippen molar-refractivity contribution in [3.05, 3.63) is 0 Å². The van der Waals surface area contributed by atoms with Gasteiger partial charge in [-0.3, -0.25) is 0 Å². The van der Waals surface area contributed by atoms with Gasteiger partial charge in [0.2, 0.25) is 0 Å². The molecular formula is C26H46O. The van der Waals surface area contributed by atoms with Crippen LogP contribution in [0.2, 0.25) is 0 Å². The molecule has 0 heterocycles. The van der Waals surface area contributed by atoms with E-state index in [9.17, 15) is 5.11 Å². The number of hydrogen-bond acceptors (Lipinski definition) is 1. The minimum absolute atomic E-state index is 0.501. The molecule has 27 heavy (non-hydrogen) atoms. The fourth-order valence-corrected chi connectivity index (χ4v) is 9.05. The zero-order valence-corrected chi connectivity index (χ0v) is 18.9. The van der Waals surface area contributed by atoms with Crippen LogP contribution in [0.1, 0.15) is 112 Å². The Hall–Kier alpha value is -0.0400. The van der Waals surface area contributed by atoms with Crippen molar-refractivity contribution in [3.8, 4) is 0 Å². The highest BCUT2D eigenvalue weighted by Gasteiger charge is 2.60. The highest BCUT2D eigenvalue weighted by atomic mass is 16.3. The molecule has 4 saturated carbocycles. The first-order valence-electron chi connectivity index (χ1n) is 12.4. The second kappa shape index (κ2) is 7.03. The number of hydrogen-bond donors (Lipinski definition) is 1. The summed E-state index contributed by atoms with van der Waals surface area (Å²) < 4.78 is 0. The highest BCUT2D eigenvalue weighted by molar-refractivity contribution is 5.09. The number of rotatable bonds is 4. The van der Waals surface area contributed by atoms with Crippen molar-refractivity contribution in [2.75, 3.05) is 0 Å². The average Bonchev–Trinajstić information content (AvgIpc) is 2.96. The monoisotopic (exact) mass is 374 g/mol. The normalized spacial score (nSPS) is 48.4. The van der Waals surface area contributed by atoms with Crippen LogP contribution in [0, 0.1) is 46.3 Å². The second-order valence-electron chi connectivity index (χ2n) is 12.5. The number of aliphatic hydroxyl groups is 1. The van der Waals surface area contributed by atoms with E-state index in [-0.39, 0.29) is 0 Å². The van der Waals surface area contributed by atoms with Gasteiger partial charge in [0.1, 0.15) is 0 Å². The molecule has 0 aromatic heterocycles. The molecule has 0 radical (unpaired) electrons. The third kappa shape index (κ3) is 3.43. The van der Waals surface area contributed by atoms with Crippen molar-refractivity contribution in [3.63, 3.8) is 0 Å². The molecule has 1 N–H and O–H groups in total. The topological polar surface area (TPSA) is 20.2 Å².